The summed E-state index contributed by atoms with van der Waals surface area (Å²) < 4.78 is 19.9. The number of urea groups is 1. The summed E-state index contributed by atoms with van der Waals surface area (Å²) in [6.07, 6.45) is 3.08. The van der Waals surface area contributed by atoms with Gasteiger partial charge in [0.1, 0.15) is 24.3 Å². The van der Waals surface area contributed by atoms with E-state index in [0.717, 1.165) is 4.90 Å². The summed E-state index contributed by atoms with van der Waals surface area (Å²) in [6, 6.07) is 5.31. The fourth-order valence-electron chi connectivity index (χ4n) is 2.68. The van der Waals surface area contributed by atoms with E-state index in [9.17, 15) is 14.0 Å². The molecule has 0 bridgehead atoms. The van der Waals surface area contributed by atoms with Gasteiger partial charge in [0.05, 0.1) is 14.2 Å². The molecule has 0 radical (unpaired) electrons. The monoisotopic (exact) mass is 316 g/mol. The summed E-state index contributed by atoms with van der Waals surface area (Å²) in [4.78, 5) is 30.4. The standard InChI is InChI=1S/C16H15FN3O3/c1-19-14-13(12(23-2)6-7-18-14)15(21)20(16(19)22)9-10-4-3-5-11(17)8-10/h3-8,13H,9H2,1-2H3/q+1. The maximum atomic E-state index is 13.3. The van der Waals surface area contributed by atoms with Gasteiger partial charge in [-0.1, -0.05) is 12.1 Å². The molecule has 2 aliphatic rings. The van der Waals surface area contributed by atoms with Crippen LogP contribution in [0.5, 0.6) is 0 Å². The first-order valence-electron chi connectivity index (χ1n) is 7.01. The summed E-state index contributed by atoms with van der Waals surface area (Å²) in [6.45, 7) is -0.00967. The number of carbonyl (C=O) groups is 2. The molecular formula is C16H15FN3O3+. The van der Waals surface area contributed by atoms with Crippen molar-refractivity contribution >= 4 is 24.0 Å². The number of rotatable bonds is 3. The van der Waals surface area contributed by atoms with Gasteiger partial charge < -0.3 is 4.74 Å². The highest BCUT2D eigenvalue weighted by Gasteiger charge is 2.49. The van der Waals surface area contributed by atoms with Crippen LogP contribution in [0.1, 0.15) is 5.56 Å². The number of hydrogen-bond donors (Lipinski definition) is 0. The van der Waals surface area contributed by atoms with Crippen molar-refractivity contribution in [1.29, 1.82) is 0 Å². The van der Waals surface area contributed by atoms with Gasteiger partial charge in [-0.15, -0.1) is 4.99 Å². The molecule has 0 saturated heterocycles. The van der Waals surface area contributed by atoms with Crippen LogP contribution in [0.3, 0.4) is 0 Å². The number of carbonyl (C=O) groups excluding carboxylic acids is 2. The quantitative estimate of drug-likeness (QED) is 0.795. The van der Waals surface area contributed by atoms with Crippen LogP contribution in [0.25, 0.3) is 0 Å². The van der Waals surface area contributed by atoms with Crippen LogP contribution in [0.2, 0.25) is 0 Å². The Morgan fingerprint density at radius 2 is 2.17 bits per heavy atom. The van der Waals surface area contributed by atoms with Crippen LogP contribution in [0.4, 0.5) is 9.18 Å². The number of halogens is 1. The third kappa shape index (κ3) is 2.54. The third-order valence-corrected chi connectivity index (χ3v) is 3.83. The van der Waals surface area contributed by atoms with Crippen molar-refractivity contribution in [3.05, 3.63) is 47.5 Å². The zero-order valence-corrected chi connectivity index (χ0v) is 12.7. The Morgan fingerprint density at radius 1 is 1.39 bits per heavy atom. The van der Waals surface area contributed by atoms with Crippen LogP contribution in [-0.4, -0.2) is 47.6 Å². The number of benzene rings is 1. The molecule has 0 saturated carbocycles. The van der Waals surface area contributed by atoms with Crippen molar-refractivity contribution in [3.63, 3.8) is 0 Å². The summed E-state index contributed by atoms with van der Waals surface area (Å²) in [7, 11) is 3.01. The summed E-state index contributed by atoms with van der Waals surface area (Å²) in [5.74, 6) is -0.864. The molecule has 0 fully saturated rings. The highest BCUT2D eigenvalue weighted by molar-refractivity contribution is 6.15. The molecule has 1 aromatic rings. The number of amides is 3. The Balaban J connectivity index is 1.99. The smallest absolute Gasteiger partial charge is 0.445 e. The van der Waals surface area contributed by atoms with Crippen LogP contribution < -0.4 is 0 Å². The van der Waals surface area contributed by atoms with E-state index in [2.05, 4.69) is 4.99 Å². The zero-order chi connectivity index (χ0) is 16.6. The molecule has 7 heteroatoms. The molecule has 1 atom stereocenters. The number of nitrogens with zero attached hydrogens (tertiary/aromatic N) is 3. The molecule has 2 aliphatic heterocycles. The van der Waals surface area contributed by atoms with Gasteiger partial charge in [0, 0.05) is 6.08 Å². The SMILES string of the molecule is COC1=CC=NC2=[N+](C)C(=O)N(Cc3cccc(F)c3)C(=O)C12. The van der Waals surface area contributed by atoms with Crippen molar-refractivity contribution in [2.45, 2.75) is 6.54 Å². The molecule has 118 valence electrons. The number of imide groups is 1. The van der Waals surface area contributed by atoms with E-state index in [4.69, 9.17) is 4.74 Å². The van der Waals surface area contributed by atoms with Crippen LogP contribution in [0.15, 0.2) is 41.1 Å². The van der Waals surface area contributed by atoms with Crippen molar-refractivity contribution in [2.75, 3.05) is 14.2 Å². The molecule has 6 nitrogen and oxygen atoms in total. The Labute approximate surface area is 132 Å². The van der Waals surface area contributed by atoms with Crippen LogP contribution in [-0.2, 0) is 16.1 Å². The average Bonchev–Trinajstić information content (AvgIpc) is 2.56. The van der Waals surface area contributed by atoms with Gasteiger partial charge in [0.25, 0.3) is 5.84 Å². The van der Waals surface area contributed by atoms with Crippen molar-refractivity contribution < 1.29 is 23.3 Å². The fraction of sp³-hybridized carbons (Fsp3) is 0.250. The summed E-state index contributed by atoms with van der Waals surface area (Å²) >= 11 is 0. The first-order chi connectivity index (χ1) is 11.0. The number of fused-ring (bicyclic) bond motifs is 1. The van der Waals surface area contributed by atoms with E-state index in [-0.39, 0.29) is 6.54 Å². The van der Waals surface area contributed by atoms with Crippen molar-refractivity contribution in [1.82, 2.24) is 4.90 Å². The number of dihydropyridines is 1. The normalized spacial score (nSPS) is 20.6. The maximum Gasteiger partial charge on any atom is 0.445 e. The van der Waals surface area contributed by atoms with Crippen molar-refractivity contribution in [3.8, 4) is 0 Å². The second-order valence-electron chi connectivity index (χ2n) is 5.24. The molecular weight excluding hydrogens is 301 g/mol. The van der Waals surface area contributed by atoms with E-state index in [1.54, 1.807) is 19.2 Å². The first-order valence-corrected chi connectivity index (χ1v) is 7.01. The largest absolute Gasteiger partial charge is 0.499 e. The number of aliphatic imine (C=N–C) groups is 1. The second-order valence-corrected chi connectivity index (χ2v) is 5.24. The lowest BCUT2D eigenvalue weighted by Crippen LogP contribution is -2.54. The summed E-state index contributed by atoms with van der Waals surface area (Å²) in [5, 5.41) is 0. The molecule has 2 heterocycles. The van der Waals surface area contributed by atoms with E-state index in [1.807, 2.05) is 0 Å². The van der Waals surface area contributed by atoms with Crippen molar-refractivity contribution in [2.24, 2.45) is 10.9 Å². The van der Waals surface area contributed by atoms with Gasteiger partial charge in [0.15, 0.2) is 5.92 Å². The molecule has 1 aromatic carbocycles. The van der Waals surface area contributed by atoms with Gasteiger partial charge >= 0.3 is 11.9 Å². The first kappa shape index (κ1) is 15.1. The number of allylic oxidation sites excluding steroid dienone is 1. The van der Waals surface area contributed by atoms with Gasteiger partial charge in [-0.25, -0.2) is 9.18 Å². The molecule has 23 heavy (non-hydrogen) atoms. The maximum absolute atomic E-state index is 13.3. The molecule has 0 aromatic heterocycles. The minimum Gasteiger partial charge on any atom is -0.499 e. The molecule has 0 spiro atoms. The Bertz CT molecular complexity index is 783. The van der Waals surface area contributed by atoms with Gasteiger partial charge in [-0.05, 0) is 17.7 Å². The summed E-state index contributed by atoms with van der Waals surface area (Å²) in [5.41, 5.74) is 0.533. The minimum absolute atomic E-state index is 0.00967. The molecule has 3 rings (SSSR count). The molecule has 0 N–H and O–H groups in total. The van der Waals surface area contributed by atoms with E-state index >= 15 is 0 Å². The predicted octanol–water partition coefficient (Wildman–Crippen LogP) is 1.56. The number of methoxy groups -OCH3 is 1. The van der Waals surface area contributed by atoms with E-state index in [1.165, 1.54) is 36.1 Å². The molecule has 3 amide bonds. The highest BCUT2D eigenvalue weighted by Crippen LogP contribution is 2.25. The fourth-order valence-corrected chi connectivity index (χ4v) is 2.68. The van der Waals surface area contributed by atoms with Gasteiger partial charge in [-0.3, -0.25) is 4.79 Å². The van der Waals surface area contributed by atoms with E-state index in [0.29, 0.717) is 17.2 Å². The predicted molar refractivity (Wildman–Crippen MR) is 80.6 cm³/mol. The number of ether oxygens (including phenoxy) is 1. The Hall–Kier alpha value is -2.83. The number of hydrogen-bond acceptors (Lipinski definition) is 4. The lowest BCUT2D eigenvalue weighted by Gasteiger charge is -2.27. The lowest BCUT2D eigenvalue weighted by molar-refractivity contribution is -0.409. The zero-order valence-electron chi connectivity index (χ0n) is 12.7. The third-order valence-electron chi connectivity index (χ3n) is 3.83. The molecule has 1 unspecified atom stereocenters. The van der Waals surface area contributed by atoms with Crippen LogP contribution in [0, 0.1) is 11.7 Å². The minimum atomic E-state index is -0.763. The number of amidine groups is 1. The van der Waals surface area contributed by atoms with Crippen LogP contribution >= 0.6 is 0 Å². The van der Waals surface area contributed by atoms with Gasteiger partial charge in [-0.2, -0.15) is 9.48 Å². The molecule has 0 aliphatic carbocycles. The second kappa shape index (κ2) is 5.75. The van der Waals surface area contributed by atoms with Gasteiger partial charge in [0.2, 0.25) is 0 Å². The Morgan fingerprint density at radius 3 is 2.87 bits per heavy atom. The topological polar surface area (TPSA) is 62.0 Å². The lowest BCUT2D eigenvalue weighted by atomic mass is 9.99. The highest BCUT2D eigenvalue weighted by atomic mass is 19.1. The average molecular weight is 316 g/mol. The Kier molecular flexibility index (Phi) is 3.77. The van der Waals surface area contributed by atoms with E-state index < -0.39 is 23.7 Å².